The molecule has 0 aliphatic carbocycles. The first kappa shape index (κ1) is 18.4. The number of nitrogens with zero attached hydrogens (tertiary/aromatic N) is 2. The highest BCUT2D eigenvalue weighted by Crippen LogP contribution is 2.02. The summed E-state index contributed by atoms with van der Waals surface area (Å²) >= 11 is 0. The van der Waals surface area contributed by atoms with Gasteiger partial charge in [0.05, 0.1) is 0 Å². The largest absolute Gasteiger partial charge is 0.356 e. The summed E-state index contributed by atoms with van der Waals surface area (Å²) in [6.07, 6.45) is 2.70. The molecule has 22 heavy (non-hydrogen) atoms. The van der Waals surface area contributed by atoms with Gasteiger partial charge in [0.15, 0.2) is 5.96 Å². The van der Waals surface area contributed by atoms with Crippen molar-refractivity contribution in [2.45, 2.75) is 19.9 Å². The van der Waals surface area contributed by atoms with E-state index in [0.717, 1.165) is 31.2 Å². The number of pyridine rings is 1. The van der Waals surface area contributed by atoms with Gasteiger partial charge in [-0.05, 0) is 24.6 Å². The van der Waals surface area contributed by atoms with E-state index in [2.05, 4.69) is 51.8 Å². The lowest BCUT2D eigenvalue weighted by Crippen LogP contribution is -2.37. The fourth-order valence-corrected chi connectivity index (χ4v) is 1.97. The van der Waals surface area contributed by atoms with E-state index in [-0.39, 0.29) is 24.0 Å². The minimum Gasteiger partial charge on any atom is -0.356 e. The van der Waals surface area contributed by atoms with Crippen LogP contribution in [0, 0.1) is 6.92 Å². The van der Waals surface area contributed by atoms with Gasteiger partial charge < -0.3 is 10.6 Å². The van der Waals surface area contributed by atoms with Crippen LogP contribution >= 0.6 is 24.0 Å². The number of nitrogens with one attached hydrogen (secondary N) is 2. The Labute approximate surface area is 149 Å². The Morgan fingerprint density at radius 1 is 1.09 bits per heavy atom. The summed E-state index contributed by atoms with van der Waals surface area (Å²) in [6, 6.07) is 14.5. The number of hydrogen-bond donors (Lipinski definition) is 2. The van der Waals surface area contributed by atoms with E-state index in [1.807, 2.05) is 24.4 Å². The van der Waals surface area contributed by atoms with Crippen LogP contribution in [0.4, 0.5) is 0 Å². The average molecular weight is 410 g/mol. The molecular formula is C17H23IN4. The first-order valence-electron chi connectivity index (χ1n) is 7.18. The second-order valence-corrected chi connectivity index (χ2v) is 4.91. The normalized spacial score (nSPS) is 10.7. The topological polar surface area (TPSA) is 49.3 Å². The zero-order valence-electron chi connectivity index (χ0n) is 13.0. The summed E-state index contributed by atoms with van der Waals surface area (Å²) in [7, 11) is 1.78. The van der Waals surface area contributed by atoms with E-state index >= 15 is 0 Å². The maximum atomic E-state index is 4.30. The van der Waals surface area contributed by atoms with Crippen molar-refractivity contribution >= 4 is 29.9 Å². The highest BCUT2D eigenvalue weighted by Gasteiger charge is 1.99. The maximum Gasteiger partial charge on any atom is 0.191 e. The Morgan fingerprint density at radius 2 is 1.86 bits per heavy atom. The smallest absolute Gasteiger partial charge is 0.191 e. The van der Waals surface area contributed by atoms with Crippen LogP contribution in [0.1, 0.15) is 16.8 Å². The molecule has 2 aromatic rings. The maximum absolute atomic E-state index is 4.30. The number of hydrogen-bond acceptors (Lipinski definition) is 2. The predicted octanol–water partition coefficient (Wildman–Crippen LogP) is 2.92. The standard InChI is InChI=1S/C17H22N4.HI/c1-14-6-8-15(9-7-14)13-21-17(18-2)20-12-10-16-5-3-4-11-19-16;/h3-9,11H,10,12-13H2,1-2H3,(H2,18,20,21);1H. The second-order valence-electron chi connectivity index (χ2n) is 4.91. The van der Waals surface area contributed by atoms with Crippen LogP contribution in [-0.2, 0) is 13.0 Å². The quantitative estimate of drug-likeness (QED) is 0.453. The van der Waals surface area contributed by atoms with E-state index in [1.54, 1.807) is 7.05 Å². The van der Waals surface area contributed by atoms with Gasteiger partial charge in [-0.2, -0.15) is 0 Å². The van der Waals surface area contributed by atoms with Crippen LogP contribution in [0.3, 0.4) is 0 Å². The van der Waals surface area contributed by atoms with E-state index in [0.29, 0.717) is 0 Å². The lowest BCUT2D eigenvalue weighted by atomic mass is 10.1. The molecule has 0 unspecified atom stereocenters. The molecule has 1 aromatic carbocycles. The summed E-state index contributed by atoms with van der Waals surface area (Å²) in [5, 5.41) is 6.61. The molecule has 0 fully saturated rings. The summed E-state index contributed by atoms with van der Waals surface area (Å²) in [5.74, 6) is 0.812. The molecule has 0 radical (unpaired) electrons. The van der Waals surface area contributed by atoms with Gasteiger partial charge in [0, 0.05) is 38.4 Å². The third-order valence-electron chi connectivity index (χ3n) is 3.20. The Bertz CT molecular complexity index is 567. The number of aromatic nitrogens is 1. The van der Waals surface area contributed by atoms with Crippen molar-refractivity contribution in [3.8, 4) is 0 Å². The fourth-order valence-electron chi connectivity index (χ4n) is 1.97. The molecule has 0 spiro atoms. The monoisotopic (exact) mass is 410 g/mol. The Morgan fingerprint density at radius 3 is 2.50 bits per heavy atom. The van der Waals surface area contributed by atoms with Gasteiger partial charge in [-0.3, -0.25) is 9.98 Å². The molecule has 1 heterocycles. The van der Waals surface area contributed by atoms with E-state index in [4.69, 9.17) is 0 Å². The van der Waals surface area contributed by atoms with E-state index < -0.39 is 0 Å². The van der Waals surface area contributed by atoms with Crippen molar-refractivity contribution in [3.63, 3.8) is 0 Å². The number of aliphatic imine (C=N–C) groups is 1. The molecule has 0 aliphatic heterocycles. The molecule has 2 rings (SSSR count). The average Bonchev–Trinajstić information content (AvgIpc) is 2.53. The highest BCUT2D eigenvalue weighted by atomic mass is 127. The molecule has 0 saturated heterocycles. The van der Waals surface area contributed by atoms with Crippen LogP contribution in [0.25, 0.3) is 0 Å². The number of benzene rings is 1. The molecular weight excluding hydrogens is 387 g/mol. The third-order valence-corrected chi connectivity index (χ3v) is 3.20. The predicted molar refractivity (Wildman–Crippen MR) is 103 cm³/mol. The van der Waals surface area contributed by atoms with Crippen molar-refractivity contribution in [2.24, 2.45) is 4.99 Å². The van der Waals surface area contributed by atoms with Gasteiger partial charge in [-0.15, -0.1) is 24.0 Å². The SMILES string of the molecule is CN=C(NCCc1ccccn1)NCc1ccc(C)cc1.I. The molecule has 0 amide bonds. The summed E-state index contributed by atoms with van der Waals surface area (Å²) in [5.41, 5.74) is 3.60. The Hall–Kier alpha value is -1.63. The first-order chi connectivity index (χ1) is 10.3. The second kappa shape index (κ2) is 10.2. The number of guanidine groups is 1. The van der Waals surface area contributed by atoms with Gasteiger partial charge in [0.1, 0.15) is 0 Å². The van der Waals surface area contributed by atoms with Crippen molar-refractivity contribution in [1.29, 1.82) is 0 Å². The van der Waals surface area contributed by atoms with Crippen LogP contribution in [0.15, 0.2) is 53.7 Å². The zero-order chi connectivity index (χ0) is 14.9. The van der Waals surface area contributed by atoms with E-state index in [9.17, 15) is 0 Å². The van der Waals surface area contributed by atoms with Gasteiger partial charge in [-0.1, -0.05) is 35.9 Å². The minimum atomic E-state index is 0. The van der Waals surface area contributed by atoms with E-state index in [1.165, 1.54) is 11.1 Å². The molecule has 0 aliphatic rings. The van der Waals surface area contributed by atoms with Crippen molar-refractivity contribution in [2.75, 3.05) is 13.6 Å². The molecule has 118 valence electrons. The Balaban J connectivity index is 0.00000242. The van der Waals surface area contributed by atoms with Gasteiger partial charge >= 0.3 is 0 Å². The number of aryl methyl sites for hydroxylation is 1. The lowest BCUT2D eigenvalue weighted by molar-refractivity contribution is 0.784. The van der Waals surface area contributed by atoms with Gasteiger partial charge in [-0.25, -0.2) is 0 Å². The molecule has 0 atom stereocenters. The van der Waals surface area contributed by atoms with Crippen LogP contribution < -0.4 is 10.6 Å². The van der Waals surface area contributed by atoms with Crippen molar-refractivity contribution in [3.05, 3.63) is 65.5 Å². The van der Waals surface area contributed by atoms with Gasteiger partial charge in [0.2, 0.25) is 0 Å². The summed E-state index contributed by atoms with van der Waals surface area (Å²) in [4.78, 5) is 8.53. The molecule has 1 aromatic heterocycles. The highest BCUT2D eigenvalue weighted by molar-refractivity contribution is 14.0. The first-order valence-corrected chi connectivity index (χ1v) is 7.18. The number of halogens is 1. The Kier molecular flexibility index (Phi) is 8.50. The van der Waals surface area contributed by atoms with Crippen LogP contribution in [-0.4, -0.2) is 24.5 Å². The fraction of sp³-hybridized carbons (Fsp3) is 0.294. The molecule has 0 bridgehead atoms. The minimum absolute atomic E-state index is 0. The molecule has 2 N–H and O–H groups in total. The third kappa shape index (κ3) is 6.43. The van der Waals surface area contributed by atoms with Crippen LogP contribution in [0.2, 0.25) is 0 Å². The number of rotatable bonds is 5. The van der Waals surface area contributed by atoms with Crippen molar-refractivity contribution < 1.29 is 0 Å². The van der Waals surface area contributed by atoms with Gasteiger partial charge in [0.25, 0.3) is 0 Å². The molecule has 0 saturated carbocycles. The molecule has 5 heteroatoms. The zero-order valence-corrected chi connectivity index (χ0v) is 15.4. The lowest BCUT2D eigenvalue weighted by Gasteiger charge is -2.12. The summed E-state index contributed by atoms with van der Waals surface area (Å²) < 4.78 is 0. The summed E-state index contributed by atoms with van der Waals surface area (Å²) in [6.45, 7) is 3.67. The molecule has 4 nitrogen and oxygen atoms in total. The van der Waals surface area contributed by atoms with Crippen LogP contribution in [0.5, 0.6) is 0 Å². The van der Waals surface area contributed by atoms with Crippen molar-refractivity contribution in [1.82, 2.24) is 15.6 Å².